The van der Waals surface area contributed by atoms with Crippen LogP contribution in [0.3, 0.4) is 0 Å². The molecular weight excluding hydrogens is 580 g/mol. The van der Waals surface area contributed by atoms with Crippen molar-refractivity contribution in [2.45, 2.75) is 62.6 Å². The normalized spacial score (nSPS) is 23.3. The van der Waals surface area contributed by atoms with Crippen molar-refractivity contribution in [3.8, 4) is 6.07 Å². The Balaban J connectivity index is 1.44. The predicted octanol–water partition coefficient (Wildman–Crippen LogP) is 2.65. The molecule has 0 radical (unpaired) electrons. The first kappa shape index (κ1) is 31.3. The number of aromatic nitrogens is 3. The van der Waals surface area contributed by atoms with Crippen molar-refractivity contribution in [2.24, 2.45) is 5.92 Å². The van der Waals surface area contributed by atoms with E-state index in [-0.39, 0.29) is 36.5 Å². The van der Waals surface area contributed by atoms with Crippen LogP contribution in [0.25, 0.3) is 5.70 Å². The van der Waals surface area contributed by atoms with Crippen molar-refractivity contribution in [2.75, 3.05) is 34.7 Å². The minimum atomic E-state index is -0.919. The Morgan fingerprint density at radius 2 is 1.74 bits per heavy atom. The predicted molar refractivity (Wildman–Crippen MR) is 175 cm³/mol. The molecule has 2 aromatic carbocycles. The second-order valence-electron chi connectivity index (χ2n) is 13.4. The average Bonchev–Trinajstić information content (AvgIpc) is 3.53. The summed E-state index contributed by atoms with van der Waals surface area (Å²) in [5.41, 5.74) is 5.18. The van der Waals surface area contributed by atoms with Gasteiger partial charge in [0.15, 0.2) is 0 Å². The monoisotopic (exact) mass is 622 g/mol. The molecule has 1 aromatic heterocycles. The summed E-state index contributed by atoms with van der Waals surface area (Å²) in [7, 11) is 7.40. The molecule has 3 aromatic rings. The Hall–Kier alpha value is -4.69. The highest BCUT2D eigenvalue weighted by Crippen LogP contribution is 2.48. The van der Waals surface area contributed by atoms with Gasteiger partial charge in [0.1, 0.15) is 11.9 Å². The number of likely N-dealkylation sites (tertiary alicyclic amines) is 1. The maximum Gasteiger partial charge on any atom is 0.340 e. The summed E-state index contributed by atoms with van der Waals surface area (Å²) in [6.07, 6.45) is 3.58. The van der Waals surface area contributed by atoms with Gasteiger partial charge in [0.2, 0.25) is 5.91 Å². The molecule has 0 bridgehead atoms. The number of piperidine rings is 1. The molecule has 11 heteroatoms. The smallest absolute Gasteiger partial charge is 0.340 e. The lowest BCUT2D eigenvalue weighted by Crippen LogP contribution is -2.46. The van der Waals surface area contributed by atoms with Crippen LogP contribution in [0, 0.1) is 17.2 Å². The topological polar surface area (TPSA) is 141 Å². The highest BCUT2D eigenvalue weighted by atomic mass is 16.2. The Morgan fingerprint density at radius 1 is 1.09 bits per heavy atom. The van der Waals surface area contributed by atoms with Gasteiger partial charge in [-0.05, 0) is 91.0 Å². The molecule has 2 unspecified atom stereocenters. The van der Waals surface area contributed by atoms with Crippen LogP contribution >= 0.6 is 0 Å². The van der Waals surface area contributed by atoms with Gasteiger partial charge in [0, 0.05) is 51.5 Å². The van der Waals surface area contributed by atoms with E-state index >= 15 is 0 Å². The van der Waals surface area contributed by atoms with E-state index < -0.39 is 11.1 Å². The largest absolute Gasteiger partial charge is 0.378 e. The van der Waals surface area contributed by atoms with Gasteiger partial charge in [-0.1, -0.05) is 24.8 Å². The Morgan fingerprint density at radius 3 is 2.33 bits per heavy atom. The van der Waals surface area contributed by atoms with Crippen LogP contribution in [0.5, 0.6) is 0 Å². The van der Waals surface area contributed by atoms with E-state index in [2.05, 4.69) is 51.3 Å². The van der Waals surface area contributed by atoms with Crippen LogP contribution in [-0.2, 0) is 23.1 Å². The van der Waals surface area contributed by atoms with Gasteiger partial charge < -0.3 is 20.0 Å². The number of hydrogen-bond acceptors (Lipinski definition) is 7. The van der Waals surface area contributed by atoms with Crippen LogP contribution < -0.4 is 11.0 Å². The SMILES string of the molecule is C=C(c1ccc2c(c1)CCc1cc(C(=O)N(C)C)ccc1C2(C[C@H](C)NCC(=O)N1C(C#N)C[C@@H]2C[C@@H]21)c1n[nH]c(=O)[nH]1)N(C)C. The fourth-order valence-corrected chi connectivity index (χ4v) is 7.54. The molecule has 3 aliphatic rings. The molecule has 2 fully saturated rings. The maximum absolute atomic E-state index is 13.4. The summed E-state index contributed by atoms with van der Waals surface area (Å²) in [5, 5.41) is 20.2. The number of aryl methyl sites for hydroxylation is 2. The van der Waals surface area contributed by atoms with Gasteiger partial charge in [-0.15, -0.1) is 0 Å². The number of benzene rings is 2. The standard InChI is InChI=1S/C35H42N8O3/c1-20(37-19-31(44)43-27(18-36)15-26-16-30(26)43)17-35(33-38-34(46)40-39-33)28-11-9-22(21(2)41(3)4)13-23(28)7-8-24-14-25(10-12-29(24)35)32(45)42(5)6/h9-14,20,26-27,30,37H,2,7-8,15-17,19H2,1,3-6H3,(H2,38,39,40,46)/t20-,26+,27?,30-,35?/m0/s1. The molecule has 1 aliphatic heterocycles. The average molecular weight is 623 g/mol. The van der Waals surface area contributed by atoms with Gasteiger partial charge >= 0.3 is 5.69 Å². The van der Waals surface area contributed by atoms with Crippen LogP contribution in [0.2, 0.25) is 0 Å². The molecule has 2 amide bonds. The molecule has 2 heterocycles. The molecule has 6 rings (SSSR count). The minimum absolute atomic E-state index is 0.0639. The van der Waals surface area contributed by atoms with Gasteiger partial charge in [0.05, 0.1) is 18.0 Å². The number of fused-ring (bicyclic) bond motifs is 3. The van der Waals surface area contributed by atoms with E-state index in [1.807, 2.05) is 44.1 Å². The lowest BCUT2D eigenvalue weighted by atomic mass is 9.67. The molecule has 46 heavy (non-hydrogen) atoms. The number of carbonyl (C=O) groups is 2. The van der Waals surface area contributed by atoms with Crippen LogP contribution in [0.1, 0.15) is 70.2 Å². The second kappa shape index (κ2) is 11.9. The molecular formula is C35H42N8O3. The highest BCUT2D eigenvalue weighted by Gasteiger charge is 2.54. The quantitative estimate of drug-likeness (QED) is 0.333. The summed E-state index contributed by atoms with van der Waals surface area (Å²) in [6, 6.07) is 14.0. The molecule has 1 saturated carbocycles. The first-order chi connectivity index (χ1) is 21.9. The minimum Gasteiger partial charge on any atom is -0.378 e. The summed E-state index contributed by atoms with van der Waals surface area (Å²) >= 11 is 0. The van der Waals surface area contributed by atoms with Crippen molar-refractivity contribution in [1.29, 1.82) is 5.26 Å². The van der Waals surface area contributed by atoms with Gasteiger partial charge in [0.25, 0.3) is 5.91 Å². The zero-order valence-electron chi connectivity index (χ0n) is 27.2. The van der Waals surface area contributed by atoms with E-state index in [0.717, 1.165) is 46.4 Å². The van der Waals surface area contributed by atoms with Crippen LogP contribution in [-0.4, -0.2) is 94.6 Å². The molecule has 5 atom stereocenters. The third-order valence-corrected chi connectivity index (χ3v) is 9.98. The first-order valence-corrected chi connectivity index (χ1v) is 15.9. The molecule has 2 aliphatic carbocycles. The van der Waals surface area contributed by atoms with Crippen LogP contribution in [0.15, 0.2) is 47.8 Å². The van der Waals surface area contributed by atoms with Crippen molar-refractivity contribution >= 4 is 17.5 Å². The zero-order chi connectivity index (χ0) is 32.9. The highest BCUT2D eigenvalue weighted by molar-refractivity contribution is 5.94. The van der Waals surface area contributed by atoms with Gasteiger partial charge in [-0.25, -0.2) is 9.89 Å². The number of nitriles is 1. The molecule has 0 spiro atoms. The lowest BCUT2D eigenvalue weighted by molar-refractivity contribution is -0.131. The Kier molecular flexibility index (Phi) is 8.11. The summed E-state index contributed by atoms with van der Waals surface area (Å²) in [5.74, 6) is 0.767. The van der Waals surface area contributed by atoms with Crippen molar-refractivity contribution in [3.63, 3.8) is 0 Å². The fraction of sp³-hybridized carbons (Fsp3) is 0.457. The second-order valence-corrected chi connectivity index (χ2v) is 13.4. The van der Waals surface area contributed by atoms with Gasteiger partial charge in [-0.3, -0.25) is 14.6 Å². The van der Waals surface area contributed by atoms with E-state index in [1.54, 1.807) is 23.9 Å². The Bertz CT molecular complexity index is 1730. The van der Waals surface area contributed by atoms with Crippen molar-refractivity contribution in [3.05, 3.63) is 92.7 Å². The molecule has 1 saturated heterocycles. The van der Waals surface area contributed by atoms with E-state index in [1.165, 1.54) is 0 Å². The maximum atomic E-state index is 13.4. The number of carbonyl (C=O) groups excluding carboxylic acids is 2. The number of H-pyrrole nitrogens is 2. The summed E-state index contributed by atoms with van der Waals surface area (Å²) < 4.78 is 0. The molecule has 11 nitrogen and oxygen atoms in total. The van der Waals surface area contributed by atoms with E-state index in [4.69, 9.17) is 0 Å². The zero-order valence-corrected chi connectivity index (χ0v) is 27.2. The number of nitrogens with zero attached hydrogens (tertiary/aromatic N) is 5. The number of nitrogens with one attached hydrogen (secondary N) is 3. The third-order valence-electron chi connectivity index (χ3n) is 9.98. The van der Waals surface area contributed by atoms with E-state index in [0.29, 0.717) is 36.6 Å². The first-order valence-electron chi connectivity index (χ1n) is 15.9. The number of rotatable bonds is 9. The number of amides is 2. The summed E-state index contributed by atoms with van der Waals surface area (Å²) in [6.45, 7) is 6.41. The number of aromatic amines is 2. The van der Waals surface area contributed by atoms with E-state index in [9.17, 15) is 19.6 Å². The molecule has 240 valence electrons. The molecule has 3 N–H and O–H groups in total. The van der Waals surface area contributed by atoms with Crippen molar-refractivity contribution in [1.82, 2.24) is 35.2 Å². The van der Waals surface area contributed by atoms with Crippen LogP contribution in [0.4, 0.5) is 0 Å². The lowest BCUT2D eigenvalue weighted by Gasteiger charge is -2.37. The van der Waals surface area contributed by atoms with Crippen molar-refractivity contribution < 1.29 is 9.59 Å². The fourth-order valence-electron chi connectivity index (χ4n) is 7.54. The third kappa shape index (κ3) is 5.41. The van der Waals surface area contributed by atoms with Gasteiger partial charge in [-0.2, -0.15) is 10.4 Å². The number of hydrogen-bond donors (Lipinski definition) is 3. The Labute approximate surface area is 269 Å². The summed E-state index contributed by atoms with van der Waals surface area (Å²) in [4.78, 5) is 47.3.